The van der Waals surface area contributed by atoms with E-state index in [0.29, 0.717) is 30.8 Å². The van der Waals surface area contributed by atoms with Crippen LogP contribution in [0.4, 0.5) is 5.69 Å². The van der Waals surface area contributed by atoms with Crippen LogP contribution in [0.3, 0.4) is 0 Å². The van der Waals surface area contributed by atoms with E-state index in [2.05, 4.69) is 10.3 Å². The number of carboxylic acid groups (broad SMARTS) is 1. The average molecular weight is 359 g/mol. The first-order chi connectivity index (χ1) is 12.3. The molecule has 2 aromatic rings. The van der Waals surface area contributed by atoms with E-state index < -0.39 is 22.3 Å². The molecule has 2 heterocycles. The van der Waals surface area contributed by atoms with Crippen molar-refractivity contribution in [1.82, 2.24) is 19.9 Å². The Balaban J connectivity index is 1.97. The van der Waals surface area contributed by atoms with Crippen molar-refractivity contribution in [2.75, 3.05) is 6.54 Å². The summed E-state index contributed by atoms with van der Waals surface area (Å²) in [5.41, 5.74) is -0.575. The normalized spacial score (nSPS) is 19.5. The van der Waals surface area contributed by atoms with Gasteiger partial charge in [-0.25, -0.2) is 9.48 Å². The maximum absolute atomic E-state index is 12.8. The number of carboxylic acids is 1. The quantitative estimate of drug-likeness (QED) is 0.647. The molecule has 1 saturated heterocycles. The second-order valence-corrected chi connectivity index (χ2v) is 6.35. The molecule has 1 fully saturated rings. The van der Waals surface area contributed by atoms with Crippen molar-refractivity contribution in [3.63, 3.8) is 0 Å². The van der Waals surface area contributed by atoms with Gasteiger partial charge < -0.3 is 10.0 Å². The van der Waals surface area contributed by atoms with Crippen molar-refractivity contribution in [2.45, 2.75) is 32.2 Å². The number of nitro benzene ring substituents is 1. The van der Waals surface area contributed by atoms with Crippen LogP contribution in [0.1, 0.15) is 35.9 Å². The molecule has 0 bridgehead atoms. The number of carbonyl (C=O) groups is 2. The molecule has 136 valence electrons. The van der Waals surface area contributed by atoms with Gasteiger partial charge in [0.1, 0.15) is 5.54 Å². The second-order valence-electron chi connectivity index (χ2n) is 6.35. The Morgan fingerprint density at radius 1 is 1.38 bits per heavy atom. The van der Waals surface area contributed by atoms with Crippen molar-refractivity contribution in [3.05, 3.63) is 45.8 Å². The van der Waals surface area contributed by atoms with E-state index in [4.69, 9.17) is 0 Å². The lowest BCUT2D eigenvalue weighted by atomic mass is 9.99. The van der Waals surface area contributed by atoms with Gasteiger partial charge in [-0.1, -0.05) is 11.3 Å². The largest absolute Gasteiger partial charge is 0.480 e. The van der Waals surface area contributed by atoms with Crippen LogP contribution in [0, 0.1) is 17.0 Å². The predicted molar refractivity (Wildman–Crippen MR) is 89.1 cm³/mol. The smallest absolute Gasteiger partial charge is 0.329 e. The van der Waals surface area contributed by atoms with Crippen LogP contribution in [-0.2, 0) is 4.79 Å². The van der Waals surface area contributed by atoms with Crippen molar-refractivity contribution in [3.8, 4) is 5.69 Å². The van der Waals surface area contributed by atoms with E-state index in [-0.39, 0.29) is 11.4 Å². The highest BCUT2D eigenvalue weighted by molar-refractivity contribution is 5.97. The van der Waals surface area contributed by atoms with Crippen LogP contribution in [0.2, 0.25) is 0 Å². The standard InChI is InChI=1S/C16H17N5O5/c1-10-13(14(22)19-8-4-7-16(19,2)15(23)24)17-18-20(10)11-5-3-6-12(9-11)21(25)26/h3,5-6,9H,4,7-8H2,1-2H3,(H,23,24). The van der Waals surface area contributed by atoms with Crippen LogP contribution < -0.4 is 0 Å². The van der Waals surface area contributed by atoms with Gasteiger partial charge in [-0.15, -0.1) is 5.10 Å². The van der Waals surface area contributed by atoms with Crippen LogP contribution in [-0.4, -0.2) is 53.9 Å². The highest BCUT2D eigenvalue weighted by Crippen LogP contribution is 2.31. The fourth-order valence-electron chi connectivity index (χ4n) is 3.15. The van der Waals surface area contributed by atoms with Crippen LogP contribution in [0.5, 0.6) is 0 Å². The first-order valence-corrected chi connectivity index (χ1v) is 7.98. The molecular weight excluding hydrogens is 342 g/mol. The number of hydrogen-bond donors (Lipinski definition) is 1. The molecule has 1 unspecified atom stereocenters. The molecule has 10 heteroatoms. The van der Waals surface area contributed by atoms with E-state index in [1.807, 2.05) is 0 Å². The lowest BCUT2D eigenvalue weighted by Crippen LogP contribution is -2.51. The van der Waals surface area contributed by atoms with E-state index >= 15 is 0 Å². The number of aliphatic carboxylic acids is 1. The zero-order valence-corrected chi connectivity index (χ0v) is 14.2. The minimum atomic E-state index is -1.28. The fourth-order valence-corrected chi connectivity index (χ4v) is 3.15. The monoisotopic (exact) mass is 359 g/mol. The van der Waals surface area contributed by atoms with Gasteiger partial charge in [0.25, 0.3) is 11.6 Å². The number of nitrogens with zero attached hydrogens (tertiary/aromatic N) is 5. The molecule has 1 aliphatic rings. The first-order valence-electron chi connectivity index (χ1n) is 7.98. The Kier molecular flexibility index (Phi) is 4.18. The van der Waals surface area contributed by atoms with Gasteiger partial charge in [0, 0.05) is 18.7 Å². The summed E-state index contributed by atoms with van der Waals surface area (Å²) in [5, 5.41) is 28.2. The van der Waals surface area contributed by atoms with Crippen LogP contribution in [0.25, 0.3) is 5.69 Å². The summed E-state index contributed by atoms with van der Waals surface area (Å²) in [6.45, 7) is 3.45. The Morgan fingerprint density at radius 3 is 2.77 bits per heavy atom. The van der Waals surface area contributed by atoms with Crippen LogP contribution >= 0.6 is 0 Å². The fraction of sp³-hybridized carbons (Fsp3) is 0.375. The summed E-state index contributed by atoms with van der Waals surface area (Å²) in [7, 11) is 0. The third kappa shape index (κ3) is 2.68. The number of rotatable bonds is 4. The molecule has 0 spiro atoms. The summed E-state index contributed by atoms with van der Waals surface area (Å²) < 4.78 is 1.33. The highest BCUT2D eigenvalue weighted by Gasteiger charge is 2.47. The highest BCUT2D eigenvalue weighted by atomic mass is 16.6. The summed E-state index contributed by atoms with van der Waals surface area (Å²) in [6, 6.07) is 5.80. The molecule has 1 aromatic carbocycles. The Bertz CT molecular complexity index is 908. The van der Waals surface area contributed by atoms with E-state index in [9.17, 15) is 24.8 Å². The molecule has 1 atom stereocenters. The van der Waals surface area contributed by atoms with Gasteiger partial charge in [0.15, 0.2) is 5.69 Å². The van der Waals surface area contributed by atoms with Crippen molar-refractivity contribution in [2.24, 2.45) is 0 Å². The number of carbonyl (C=O) groups excluding carboxylic acids is 1. The maximum atomic E-state index is 12.8. The molecule has 1 aliphatic heterocycles. The molecule has 0 saturated carbocycles. The number of amides is 1. The third-order valence-corrected chi connectivity index (χ3v) is 4.73. The second kappa shape index (κ2) is 6.21. The Labute approximate surface area is 148 Å². The molecular formula is C16H17N5O5. The molecule has 1 amide bonds. The van der Waals surface area contributed by atoms with Crippen molar-refractivity contribution >= 4 is 17.6 Å². The molecule has 3 rings (SSSR count). The van der Waals surface area contributed by atoms with Gasteiger partial charge in [0.05, 0.1) is 16.3 Å². The Hall–Kier alpha value is -3.30. The molecule has 10 nitrogen and oxygen atoms in total. The number of non-ortho nitro benzene ring substituents is 1. The summed E-state index contributed by atoms with van der Waals surface area (Å²) in [5.74, 6) is -1.58. The maximum Gasteiger partial charge on any atom is 0.329 e. The summed E-state index contributed by atoms with van der Waals surface area (Å²) in [6.07, 6.45) is 0.957. The lowest BCUT2D eigenvalue weighted by molar-refractivity contribution is -0.384. The van der Waals surface area contributed by atoms with Gasteiger partial charge in [0.2, 0.25) is 0 Å². The van der Waals surface area contributed by atoms with Crippen LogP contribution in [0.15, 0.2) is 24.3 Å². The minimum absolute atomic E-state index is 0.0332. The molecule has 0 aliphatic carbocycles. The molecule has 1 N–H and O–H groups in total. The minimum Gasteiger partial charge on any atom is -0.480 e. The summed E-state index contributed by atoms with van der Waals surface area (Å²) in [4.78, 5) is 36.1. The Morgan fingerprint density at radius 2 is 2.12 bits per heavy atom. The lowest BCUT2D eigenvalue weighted by Gasteiger charge is -2.30. The number of hydrogen-bond acceptors (Lipinski definition) is 6. The average Bonchev–Trinajstić information content (AvgIpc) is 3.18. The first kappa shape index (κ1) is 17.5. The van der Waals surface area contributed by atoms with Gasteiger partial charge in [-0.2, -0.15) is 0 Å². The number of benzene rings is 1. The van der Waals surface area contributed by atoms with E-state index in [1.54, 1.807) is 13.0 Å². The van der Waals surface area contributed by atoms with Crippen molar-refractivity contribution < 1.29 is 19.6 Å². The topological polar surface area (TPSA) is 131 Å². The van der Waals surface area contributed by atoms with Gasteiger partial charge in [-0.3, -0.25) is 14.9 Å². The zero-order chi connectivity index (χ0) is 19.1. The number of likely N-dealkylation sites (tertiary alicyclic amines) is 1. The van der Waals surface area contributed by atoms with E-state index in [1.165, 1.54) is 34.7 Å². The predicted octanol–water partition coefficient (Wildman–Crippen LogP) is 1.56. The molecule has 1 aromatic heterocycles. The van der Waals surface area contributed by atoms with Gasteiger partial charge >= 0.3 is 5.97 Å². The number of aromatic nitrogens is 3. The molecule has 0 radical (unpaired) electrons. The SMILES string of the molecule is Cc1c(C(=O)N2CCCC2(C)C(=O)O)nnn1-c1cccc([N+](=O)[O-])c1. The number of nitro groups is 1. The van der Waals surface area contributed by atoms with Crippen molar-refractivity contribution in [1.29, 1.82) is 0 Å². The van der Waals surface area contributed by atoms with Gasteiger partial charge in [-0.05, 0) is 32.8 Å². The zero-order valence-electron chi connectivity index (χ0n) is 14.2. The molecule has 26 heavy (non-hydrogen) atoms. The van der Waals surface area contributed by atoms with E-state index in [0.717, 1.165) is 0 Å². The summed E-state index contributed by atoms with van der Waals surface area (Å²) >= 11 is 0. The third-order valence-electron chi connectivity index (χ3n) is 4.73.